The summed E-state index contributed by atoms with van der Waals surface area (Å²) in [5, 5.41) is 8.48. The molecule has 0 fully saturated rings. The van der Waals surface area contributed by atoms with Crippen LogP contribution in [0.25, 0.3) is 0 Å². The van der Waals surface area contributed by atoms with Gasteiger partial charge < -0.3 is 11.5 Å². The van der Waals surface area contributed by atoms with Gasteiger partial charge in [0.2, 0.25) is 0 Å². The van der Waals surface area contributed by atoms with Crippen LogP contribution in [-0.4, -0.2) is 0 Å². The third-order valence-electron chi connectivity index (χ3n) is 1.76. The third-order valence-corrected chi connectivity index (χ3v) is 2.25. The van der Waals surface area contributed by atoms with E-state index < -0.39 is 0 Å². The van der Waals surface area contributed by atoms with Gasteiger partial charge in [-0.2, -0.15) is 5.26 Å². The Morgan fingerprint density at radius 2 is 2.23 bits per heavy atom. The van der Waals surface area contributed by atoms with Crippen molar-refractivity contribution in [3.05, 3.63) is 28.2 Å². The van der Waals surface area contributed by atoms with Gasteiger partial charge in [-0.3, -0.25) is 0 Å². The molecule has 0 aromatic heterocycles. The average molecular weight is 240 g/mol. The lowest BCUT2D eigenvalue weighted by molar-refractivity contribution is 0.750. The molecule has 0 radical (unpaired) electrons. The fourth-order valence-corrected chi connectivity index (χ4v) is 1.45. The number of nitrogens with two attached hydrogens (primary N) is 2. The molecule has 0 aliphatic heterocycles. The maximum absolute atomic E-state index is 8.48. The number of anilines is 1. The van der Waals surface area contributed by atoms with E-state index in [0.717, 1.165) is 10.0 Å². The van der Waals surface area contributed by atoms with Crippen molar-refractivity contribution >= 4 is 21.6 Å². The second kappa shape index (κ2) is 4.26. The summed E-state index contributed by atoms with van der Waals surface area (Å²) >= 11 is 3.32. The highest BCUT2D eigenvalue weighted by molar-refractivity contribution is 9.10. The van der Waals surface area contributed by atoms with Crippen molar-refractivity contribution in [2.24, 2.45) is 5.73 Å². The Morgan fingerprint density at radius 3 is 2.85 bits per heavy atom. The Kier molecular flexibility index (Phi) is 3.29. The van der Waals surface area contributed by atoms with Crippen LogP contribution in [0.15, 0.2) is 22.7 Å². The van der Waals surface area contributed by atoms with Crippen molar-refractivity contribution in [1.82, 2.24) is 0 Å². The van der Waals surface area contributed by atoms with Gasteiger partial charge in [0.05, 0.1) is 12.5 Å². The van der Waals surface area contributed by atoms with E-state index in [4.69, 9.17) is 16.7 Å². The lowest BCUT2D eigenvalue weighted by Gasteiger charge is -2.11. The van der Waals surface area contributed by atoms with Crippen molar-refractivity contribution in [3.8, 4) is 6.07 Å². The molecule has 0 bridgehead atoms. The Morgan fingerprint density at radius 1 is 1.54 bits per heavy atom. The molecule has 1 aromatic carbocycles. The Hall–Kier alpha value is -1.05. The zero-order chi connectivity index (χ0) is 9.84. The molecule has 4 heteroatoms. The first-order valence-electron chi connectivity index (χ1n) is 3.82. The summed E-state index contributed by atoms with van der Waals surface area (Å²) in [6, 6.07) is 7.18. The number of nitrogens with zero attached hydrogens (tertiary/aromatic N) is 1. The highest BCUT2D eigenvalue weighted by Gasteiger charge is 2.08. The molecule has 3 nitrogen and oxygen atoms in total. The molecule has 0 saturated carbocycles. The minimum atomic E-state index is -0.303. The largest absolute Gasteiger partial charge is 0.398 e. The predicted octanol–water partition coefficient (Wildman–Crippen LogP) is 1.94. The van der Waals surface area contributed by atoms with E-state index in [9.17, 15) is 0 Å². The van der Waals surface area contributed by atoms with Crippen LogP contribution in [0.4, 0.5) is 5.69 Å². The van der Waals surface area contributed by atoms with E-state index in [-0.39, 0.29) is 12.5 Å². The molecule has 0 spiro atoms. The van der Waals surface area contributed by atoms with Crippen LogP contribution in [0.1, 0.15) is 18.0 Å². The van der Waals surface area contributed by atoms with E-state index in [1.165, 1.54) is 0 Å². The SMILES string of the molecule is N#CC[C@@H](N)c1cc(Br)ccc1N. The maximum atomic E-state index is 8.48. The molecule has 4 N–H and O–H groups in total. The number of rotatable bonds is 2. The monoisotopic (exact) mass is 239 g/mol. The predicted molar refractivity (Wildman–Crippen MR) is 55.7 cm³/mol. The summed E-state index contributed by atoms with van der Waals surface area (Å²) in [7, 11) is 0. The van der Waals surface area contributed by atoms with Gasteiger partial charge in [0.1, 0.15) is 0 Å². The Labute approximate surface area is 85.5 Å². The number of halogens is 1. The van der Waals surface area contributed by atoms with E-state index in [1.54, 1.807) is 6.07 Å². The average Bonchev–Trinajstić information content (AvgIpc) is 2.09. The third kappa shape index (κ3) is 2.44. The van der Waals surface area contributed by atoms with Crippen molar-refractivity contribution in [2.75, 3.05) is 5.73 Å². The topological polar surface area (TPSA) is 75.8 Å². The summed E-state index contributed by atoms with van der Waals surface area (Å²) in [5.74, 6) is 0. The molecule has 1 aromatic rings. The molecule has 1 rings (SSSR count). The van der Waals surface area contributed by atoms with Crippen molar-refractivity contribution < 1.29 is 0 Å². The van der Waals surface area contributed by atoms with Crippen LogP contribution >= 0.6 is 15.9 Å². The summed E-state index contributed by atoms with van der Waals surface area (Å²) in [4.78, 5) is 0. The molecule has 0 saturated heterocycles. The molecule has 68 valence electrons. The maximum Gasteiger partial charge on any atom is 0.0641 e. The zero-order valence-corrected chi connectivity index (χ0v) is 8.58. The second-order valence-corrected chi connectivity index (χ2v) is 3.66. The standard InChI is InChI=1S/C9H10BrN3/c10-6-1-2-8(12)7(5-6)9(13)3-4-11/h1-2,5,9H,3,12-13H2/t9-/m1/s1. The summed E-state index contributed by atoms with van der Waals surface area (Å²) in [5.41, 5.74) is 12.9. The molecule has 0 amide bonds. The fourth-order valence-electron chi connectivity index (χ4n) is 1.08. The number of hydrogen-bond acceptors (Lipinski definition) is 3. The molecule has 0 aliphatic rings. The summed E-state index contributed by atoms with van der Waals surface area (Å²) < 4.78 is 0.921. The van der Waals surface area contributed by atoms with E-state index in [0.29, 0.717) is 5.69 Å². The smallest absolute Gasteiger partial charge is 0.0641 e. The summed E-state index contributed by atoms with van der Waals surface area (Å²) in [6.45, 7) is 0. The molecule has 0 heterocycles. The highest BCUT2D eigenvalue weighted by atomic mass is 79.9. The van der Waals surface area contributed by atoms with Crippen LogP contribution in [0.5, 0.6) is 0 Å². The Balaban J connectivity index is 3.00. The zero-order valence-electron chi connectivity index (χ0n) is 7.00. The van der Waals surface area contributed by atoms with Gasteiger partial charge in [0, 0.05) is 16.2 Å². The first-order chi connectivity index (χ1) is 6.15. The molecular weight excluding hydrogens is 230 g/mol. The van der Waals surface area contributed by atoms with Crippen LogP contribution < -0.4 is 11.5 Å². The summed E-state index contributed by atoms with van der Waals surface area (Å²) in [6.07, 6.45) is 0.278. The fraction of sp³-hybridized carbons (Fsp3) is 0.222. The second-order valence-electron chi connectivity index (χ2n) is 2.74. The van der Waals surface area contributed by atoms with Gasteiger partial charge in [-0.25, -0.2) is 0 Å². The van der Waals surface area contributed by atoms with Crippen LogP contribution in [0.2, 0.25) is 0 Å². The lowest BCUT2D eigenvalue weighted by atomic mass is 10.0. The minimum Gasteiger partial charge on any atom is -0.398 e. The lowest BCUT2D eigenvalue weighted by Crippen LogP contribution is -2.11. The molecule has 0 aliphatic carbocycles. The van der Waals surface area contributed by atoms with Crippen LogP contribution in [0.3, 0.4) is 0 Å². The van der Waals surface area contributed by atoms with Crippen molar-refractivity contribution in [2.45, 2.75) is 12.5 Å². The Bertz CT molecular complexity index is 343. The van der Waals surface area contributed by atoms with Gasteiger partial charge in [-0.15, -0.1) is 0 Å². The van der Waals surface area contributed by atoms with Crippen molar-refractivity contribution in [3.63, 3.8) is 0 Å². The molecule has 0 unspecified atom stereocenters. The minimum absolute atomic E-state index is 0.278. The highest BCUT2D eigenvalue weighted by Crippen LogP contribution is 2.24. The van der Waals surface area contributed by atoms with Crippen molar-refractivity contribution in [1.29, 1.82) is 5.26 Å². The van der Waals surface area contributed by atoms with Crippen LogP contribution in [-0.2, 0) is 0 Å². The molecular formula is C9H10BrN3. The first-order valence-corrected chi connectivity index (χ1v) is 4.62. The first kappa shape index (κ1) is 10.0. The van der Waals surface area contributed by atoms with Gasteiger partial charge >= 0.3 is 0 Å². The molecule has 1 atom stereocenters. The van der Waals surface area contributed by atoms with Gasteiger partial charge in [-0.05, 0) is 23.8 Å². The number of nitriles is 1. The van der Waals surface area contributed by atoms with Gasteiger partial charge in [-0.1, -0.05) is 15.9 Å². The number of nitrogen functional groups attached to an aromatic ring is 1. The quantitative estimate of drug-likeness (QED) is 0.775. The van der Waals surface area contributed by atoms with Gasteiger partial charge in [0.15, 0.2) is 0 Å². The number of benzene rings is 1. The van der Waals surface area contributed by atoms with Gasteiger partial charge in [0.25, 0.3) is 0 Å². The van der Waals surface area contributed by atoms with Crippen LogP contribution in [0, 0.1) is 11.3 Å². The van der Waals surface area contributed by atoms with E-state index >= 15 is 0 Å². The van der Waals surface area contributed by atoms with E-state index in [1.807, 2.05) is 18.2 Å². The van der Waals surface area contributed by atoms with E-state index in [2.05, 4.69) is 15.9 Å². The normalized spacial score (nSPS) is 12.1. The number of hydrogen-bond donors (Lipinski definition) is 2. The molecule has 13 heavy (non-hydrogen) atoms.